The van der Waals surface area contributed by atoms with Gasteiger partial charge in [-0.05, 0) is 41.1 Å². The summed E-state index contributed by atoms with van der Waals surface area (Å²) in [5, 5.41) is 10.5. The van der Waals surface area contributed by atoms with Gasteiger partial charge in [-0.25, -0.2) is 4.39 Å². The monoisotopic (exact) mass is 348 g/mol. The third-order valence-corrected chi connectivity index (χ3v) is 5.02. The van der Waals surface area contributed by atoms with E-state index in [4.69, 9.17) is 11.6 Å². The minimum atomic E-state index is -0.757. The number of hydrogen-bond acceptors (Lipinski definition) is 2. The molecule has 2 rings (SSSR count). The maximum absolute atomic E-state index is 13.6. The van der Waals surface area contributed by atoms with Gasteiger partial charge in [0.2, 0.25) is 0 Å². The standard InChI is InChI=1S/C13H11BrClFOS/c1-7-5-9(14)13(18-7)12(17)6-8-10(15)3-2-4-11(8)16/h2-5,12,17H,6H2,1H3. The molecule has 0 saturated carbocycles. The van der Waals surface area contributed by atoms with E-state index in [0.717, 1.165) is 14.2 Å². The van der Waals surface area contributed by atoms with Crippen LogP contribution in [-0.2, 0) is 6.42 Å². The predicted octanol–water partition coefficient (Wildman–Crippen LogP) is 4.89. The Morgan fingerprint density at radius 3 is 2.78 bits per heavy atom. The first-order valence-corrected chi connectivity index (χ1v) is 7.34. The highest BCUT2D eigenvalue weighted by Gasteiger charge is 2.18. The molecule has 2 aromatic rings. The lowest BCUT2D eigenvalue weighted by Crippen LogP contribution is -2.03. The highest BCUT2D eigenvalue weighted by molar-refractivity contribution is 9.10. The normalized spacial score (nSPS) is 12.7. The molecule has 0 aliphatic carbocycles. The van der Waals surface area contributed by atoms with Crippen LogP contribution in [0.1, 0.15) is 21.4 Å². The zero-order valence-electron chi connectivity index (χ0n) is 9.58. The van der Waals surface area contributed by atoms with Crippen molar-refractivity contribution in [1.82, 2.24) is 0 Å². The molecule has 1 atom stereocenters. The molecule has 1 heterocycles. The van der Waals surface area contributed by atoms with Crippen LogP contribution < -0.4 is 0 Å². The summed E-state index contributed by atoms with van der Waals surface area (Å²) in [4.78, 5) is 1.89. The molecule has 0 fully saturated rings. The second kappa shape index (κ2) is 5.70. The Balaban J connectivity index is 2.26. The second-order valence-corrected chi connectivity index (χ2v) is 6.54. The van der Waals surface area contributed by atoms with Crippen LogP contribution >= 0.6 is 38.9 Å². The first-order valence-electron chi connectivity index (χ1n) is 5.36. The Labute approximate surface area is 122 Å². The lowest BCUT2D eigenvalue weighted by atomic mass is 10.1. The molecule has 1 unspecified atom stereocenters. The van der Waals surface area contributed by atoms with Crippen LogP contribution in [0.3, 0.4) is 0 Å². The van der Waals surface area contributed by atoms with E-state index in [1.54, 1.807) is 12.1 Å². The molecule has 1 aromatic heterocycles. The Morgan fingerprint density at radius 1 is 1.50 bits per heavy atom. The van der Waals surface area contributed by atoms with E-state index in [0.29, 0.717) is 10.6 Å². The van der Waals surface area contributed by atoms with E-state index in [2.05, 4.69) is 15.9 Å². The van der Waals surface area contributed by atoms with Gasteiger partial charge in [0.25, 0.3) is 0 Å². The Hall–Kier alpha value is -0.420. The molecule has 1 N–H and O–H groups in total. The van der Waals surface area contributed by atoms with Gasteiger partial charge in [-0.15, -0.1) is 11.3 Å². The number of aliphatic hydroxyl groups excluding tert-OH is 1. The van der Waals surface area contributed by atoms with Crippen LogP contribution in [0, 0.1) is 12.7 Å². The smallest absolute Gasteiger partial charge is 0.127 e. The number of hydrogen-bond donors (Lipinski definition) is 1. The quantitative estimate of drug-likeness (QED) is 0.836. The van der Waals surface area contributed by atoms with Crippen molar-refractivity contribution in [3.63, 3.8) is 0 Å². The van der Waals surface area contributed by atoms with Gasteiger partial charge in [0, 0.05) is 31.2 Å². The van der Waals surface area contributed by atoms with Crippen LogP contribution in [0.5, 0.6) is 0 Å². The number of benzene rings is 1. The molecule has 0 spiro atoms. The Morgan fingerprint density at radius 2 is 2.22 bits per heavy atom. The van der Waals surface area contributed by atoms with Crippen molar-refractivity contribution >= 4 is 38.9 Å². The van der Waals surface area contributed by atoms with Gasteiger partial charge in [-0.2, -0.15) is 0 Å². The maximum atomic E-state index is 13.6. The van der Waals surface area contributed by atoms with Gasteiger partial charge in [-0.3, -0.25) is 0 Å². The summed E-state index contributed by atoms with van der Waals surface area (Å²) in [6.07, 6.45) is -0.586. The van der Waals surface area contributed by atoms with E-state index in [-0.39, 0.29) is 12.2 Å². The molecule has 0 aliphatic heterocycles. The highest BCUT2D eigenvalue weighted by Crippen LogP contribution is 2.35. The predicted molar refractivity (Wildman–Crippen MR) is 76.8 cm³/mol. The van der Waals surface area contributed by atoms with E-state index >= 15 is 0 Å². The van der Waals surface area contributed by atoms with Crippen LogP contribution in [0.25, 0.3) is 0 Å². The fourth-order valence-corrected chi connectivity index (χ4v) is 3.88. The van der Waals surface area contributed by atoms with Crippen molar-refractivity contribution < 1.29 is 9.50 Å². The summed E-state index contributed by atoms with van der Waals surface area (Å²) in [7, 11) is 0. The minimum absolute atomic E-state index is 0.171. The summed E-state index contributed by atoms with van der Waals surface area (Å²) in [6.45, 7) is 1.96. The SMILES string of the molecule is Cc1cc(Br)c(C(O)Cc2c(F)cccc2Cl)s1. The number of aliphatic hydroxyl groups is 1. The van der Waals surface area contributed by atoms with Crippen molar-refractivity contribution in [2.75, 3.05) is 0 Å². The molecule has 1 aromatic carbocycles. The summed E-state index contributed by atoms with van der Waals surface area (Å²) >= 11 is 10.8. The third-order valence-electron chi connectivity index (χ3n) is 2.60. The van der Waals surface area contributed by atoms with Gasteiger partial charge in [0.1, 0.15) is 5.82 Å². The molecule has 0 radical (unpaired) electrons. The molecule has 0 aliphatic rings. The number of aryl methyl sites for hydroxylation is 1. The summed E-state index contributed by atoms with van der Waals surface area (Å²) in [5.41, 5.74) is 0.351. The van der Waals surface area contributed by atoms with Gasteiger partial charge >= 0.3 is 0 Å². The maximum Gasteiger partial charge on any atom is 0.127 e. The van der Waals surface area contributed by atoms with Crippen molar-refractivity contribution in [3.8, 4) is 0 Å². The topological polar surface area (TPSA) is 20.2 Å². The summed E-state index contributed by atoms with van der Waals surface area (Å²) in [6, 6.07) is 6.47. The molecule has 0 amide bonds. The van der Waals surface area contributed by atoms with Gasteiger partial charge in [0.15, 0.2) is 0 Å². The fourth-order valence-electron chi connectivity index (χ4n) is 1.74. The van der Waals surface area contributed by atoms with Crippen LogP contribution in [-0.4, -0.2) is 5.11 Å². The average molecular weight is 350 g/mol. The van der Waals surface area contributed by atoms with Crippen molar-refractivity contribution in [3.05, 3.63) is 54.9 Å². The Kier molecular flexibility index (Phi) is 4.43. The van der Waals surface area contributed by atoms with Crippen LogP contribution in [0.15, 0.2) is 28.7 Å². The zero-order valence-corrected chi connectivity index (χ0v) is 12.7. The summed E-state index contributed by atoms with van der Waals surface area (Å²) < 4.78 is 14.5. The van der Waals surface area contributed by atoms with E-state index < -0.39 is 6.10 Å². The molecular formula is C13H11BrClFOS. The molecule has 0 bridgehead atoms. The third kappa shape index (κ3) is 2.94. The highest BCUT2D eigenvalue weighted by atomic mass is 79.9. The van der Waals surface area contributed by atoms with E-state index in [1.807, 2.05) is 13.0 Å². The first-order chi connectivity index (χ1) is 8.49. The van der Waals surface area contributed by atoms with Crippen molar-refractivity contribution in [2.24, 2.45) is 0 Å². The molecule has 5 heteroatoms. The van der Waals surface area contributed by atoms with Crippen LogP contribution in [0.4, 0.5) is 4.39 Å². The minimum Gasteiger partial charge on any atom is -0.387 e. The average Bonchev–Trinajstić information content (AvgIpc) is 2.63. The van der Waals surface area contributed by atoms with Gasteiger partial charge in [-0.1, -0.05) is 17.7 Å². The van der Waals surface area contributed by atoms with Crippen molar-refractivity contribution in [2.45, 2.75) is 19.4 Å². The molecular weight excluding hydrogens is 339 g/mol. The van der Waals surface area contributed by atoms with E-state index in [1.165, 1.54) is 17.4 Å². The number of thiophene rings is 1. The largest absolute Gasteiger partial charge is 0.387 e. The molecule has 1 nitrogen and oxygen atoms in total. The number of rotatable bonds is 3. The molecule has 0 saturated heterocycles. The molecule has 18 heavy (non-hydrogen) atoms. The second-order valence-electron chi connectivity index (χ2n) is 3.99. The summed E-state index contributed by atoms with van der Waals surface area (Å²) in [5.74, 6) is -0.383. The lowest BCUT2D eigenvalue weighted by molar-refractivity contribution is 0.180. The van der Waals surface area contributed by atoms with Gasteiger partial charge < -0.3 is 5.11 Å². The lowest BCUT2D eigenvalue weighted by Gasteiger charge is -2.11. The zero-order chi connectivity index (χ0) is 13.3. The van der Waals surface area contributed by atoms with Gasteiger partial charge in [0.05, 0.1) is 6.10 Å². The van der Waals surface area contributed by atoms with E-state index in [9.17, 15) is 9.50 Å². The van der Waals surface area contributed by atoms with Crippen LogP contribution in [0.2, 0.25) is 5.02 Å². The van der Waals surface area contributed by atoms with Crippen molar-refractivity contribution in [1.29, 1.82) is 0 Å². The number of halogens is 3. The first kappa shape index (κ1) is 14.0. The Bertz CT molecular complexity index is 550. The fraction of sp³-hybridized carbons (Fsp3) is 0.231. The molecule has 96 valence electrons.